The Bertz CT molecular complexity index is 951. The number of nitrogens with zero attached hydrogens (tertiary/aromatic N) is 2. The minimum absolute atomic E-state index is 0.0696. The number of hydrogen-bond donors (Lipinski definition) is 1. The molecule has 0 saturated heterocycles. The predicted octanol–water partition coefficient (Wildman–Crippen LogP) is 5.28. The zero-order valence-corrected chi connectivity index (χ0v) is 18.1. The third-order valence-electron chi connectivity index (χ3n) is 4.02. The van der Waals surface area contributed by atoms with Crippen LogP contribution in [0.25, 0.3) is 0 Å². The molecule has 2 aromatic carbocycles. The molecule has 0 saturated carbocycles. The maximum Gasteiger partial charge on any atom is 0.264 e. The van der Waals surface area contributed by atoms with Crippen molar-refractivity contribution in [3.63, 3.8) is 0 Å². The van der Waals surface area contributed by atoms with E-state index in [1.165, 1.54) is 40.8 Å². The van der Waals surface area contributed by atoms with Crippen molar-refractivity contribution in [2.75, 3.05) is 11.9 Å². The Labute approximate surface area is 177 Å². The van der Waals surface area contributed by atoms with Crippen molar-refractivity contribution in [2.24, 2.45) is 0 Å². The summed E-state index contributed by atoms with van der Waals surface area (Å²) in [5.74, 6) is 0.736. The van der Waals surface area contributed by atoms with Gasteiger partial charge in [-0.3, -0.25) is 10.1 Å². The van der Waals surface area contributed by atoms with Crippen LogP contribution in [0.4, 0.5) is 9.52 Å². The highest BCUT2D eigenvalue weighted by atomic mass is 32.2. The van der Waals surface area contributed by atoms with Crippen LogP contribution in [0.2, 0.25) is 0 Å². The van der Waals surface area contributed by atoms with Gasteiger partial charge in [0.2, 0.25) is 5.13 Å². The van der Waals surface area contributed by atoms with Crippen molar-refractivity contribution in [3.05, 3.63) is 65.5 Å². The molecule has 0 fully saturated rings. The molecule has 152 valence electrons. The molecule has 3 aromatic rings. The highest BCUT2D eigenvalue weighted by molar-refractivity contribution is 8.00. The fourth-order valence-electron chi connectivity index (χ4n) is 2.40. The number of carbonyl (C=O) groups is 1. The number of aromatic nitrogens is 2. The van der Waals surface area contributed by atoms with E-state index in [-0.39, 0.29) is 23.7 Å². The van der Waals surface area contributed by atoms with Crippen LogP contribution >= 0.6 is 23.1 Å². The SMILES string of the molecule is CC(C)(C)c1ccc(OCC(=O)Nc2nnc(SCc3ccc(F)cc3)s2)cc1. The first-order chi connectivity index (χ1) is 13.8. The Hall–Kier alpha value is -2.45. The van der Waals surface area contributed by atoms with E-state index in [1.807, 2.05) is 24.3 Å². The Morgan fingerprint density at radius 2 is 1.79 bits per heavy atom. The van der Waals surface area contributed by atoms with Gasteiger partial charge in [-0.15, -0.1) is 10.2 Å². The molecule has 1 aromatic heterocycles. The van der Waals surface area contributed by atoms with Gasteiger partial charge in [-0.25, -0.2) is 4.39 Å². The molecule has 1 heterocycles. The fraction of sp³-hybridized carbons (Fsp3) is 0.286. The average Bonchev–Trinajstić information content (AvgIpc) is 3.13. The molecule has 0 unspecified atom stereocenters. The normalized spacial score (nSPS) is 11.3. The van der Waals surface area contributed by atoms with Crippen molar-refractivity contribution in [2.45, 2.75) is 36.3 Å². The number of benzene rings is 2. The number of ether oxygens (including phenoxy) is 1. The summed E-state index contributed by atoms with van der Waals surface area (Å²) in [5.41, 5.74) is 2.26. The average molecular weight is 432 g/mol. The first-order valence-corrected chi connectivity index (χ1v) is 10.8. The molecule has 3 rings (SSSR count). The molecule has 29 heavy (non-hydrogen) atoms. The lowest BCUT2D eigenvalue weighted by molar-refractivity contribution is -0.118. The number of halogens is 1. The molecular formula is C21H22FN3O2S2. The van der Waals surface area contributed by atoms with Gasteiger partial charge in [-0.1, -0.05) is 68.1 Å². The van der Waals surface area contributed by atoms with Crippen molar-refractivity contribution in [1.82, 2.24) is 10.2 Å². The third kappa shape index (κ3) is 6.54. The summed E-state index contributed by atoms with van der Waals surface area (Å²) in [6.45, 7) is 6.33. The third-order valence-corrected chi connectivity index (χ3v) is 6.06. The first-order valence-electron chi connectivity index (χ1n) is 9.03. The zero-order chi connectivity index (χ0) is 20.9. The predicted molar refractivity (Wildman–Crippen MR) is 115 cm³/mol. The summed E-state index contributed by atoms with van der Waals surface area (Å²) >= 11 is 2.77. The maximum atomic E-state index is 12.9. The summed E-state index contributed by atoms with van der Waals surface area (Å²) in [6.07, 6.45) is 0. The van der Waals surface area contributed by atoms with E-state index in [1.54, 1.807) is 12.1 Å². The van der Waals surface area contributed by atoms with Crippen molar-refractivity contribution in [3.8, 4) is 5.75 Å². The maximum absolute atomic E-state index is 12.9. The van der Waals surface area contributed by atoms with Crippen LogP contribution in [0.5, 0.6) is 5.75 Å². The molecule has 8 heteroatoms. The topological polar surface area (TPSA) is 64.1 Å². The number of anilines is 1. The second kappa shape index (κ2) is 9.37. The van der Waals surface area contributed by atoms with Crippen molar-refractivity contribution >= 4 is 34.1 Å². The van der Waals surface area contributed by atoms with Gasteiger partial charge in [-0.05, 0) is 40.8 Å². The molecule has 0 spiro atoms. The number of rotatable bonds is 7. The number of hydrogen-bond acceptors (Lipinski definition) is 6. The summed E-state index contributed by atoms with van der Waals surface area (Å²) in [7, 11) is 0. The lowest BCUT2D eigenvalue weighted by atomic mass is 9.87. The molecule has 0 bridgehead atoms. The fourth-order valence-corrected chi connectivity index (χ4v) is 4.12. The van der Waals surface area contributed by atoms with Gasteiger partial charge in [0.05, 0.1) is 0 Å². The molecule has 0 aliphatic carbocycles. The van der Waals surface area contributed by atoms with Gasteiger partial charge >= 0.3 is 0 Å². The van der Waals surface area contributed by atoms with Crippen molar-refractivity contribution in [1.29, 1.82) is 0 Å². The zero-order valence-electron chi connectivity index (χ0n) is 16.4. The summed E-state index contributed by atoms with van der Waals surface area (Å²) in [4.78, 5) is 12.1. The van der Waals surface area contributed by atoms with Gasteiger partial charge in [-0.2, -0.15) is 0 Å². The molecule has 0 aliphatic rings. The highest BCUT2D eigenvalue weighted by Crippen LogP contribution is 2.28. The van der Waals surface area contributed by atoms with E-state index in [4.69, 9.17) is 4.74 Å². The quantitative estimate of drug-likeness (QED) is 0.407. The molecule has 0 radical (unpaired) electrons. The van der Waals surface area contributed by atoms with E-state index >= 15 is 0 Å². The second-order valence-electron chi connectivity index (χ2n) is 7.40. The summed E-state index contributed by atoms with van der Waals surface area (Å²) in [5, 5.41) is 11.1. The van der Waals surface area contributed by atoms with Crippen LogP contribution in [0, 0.1) is 5.82 Å². The van der Waals surface area contributed by atoms with E-state index in [2.05, 4.69) is 36.3 Å². The first kappa shape index (κ1) is 21.3. The Morgan fingerprint density at radius 1 is 1.10 bits per heavy atom. The largest absolute Gasteiger partial charge is 0.484 e. The Balaban J connectivity index is 1.45. The highest BCUT2D eigenvalue weighted by Gasteiger charge is 2.14. The minimum Gasteiger partial charge on any atom is -0.484 e. The van der Waals surface area contributed by atoms with Crippen LogP contribution in [-0.2, 0) is 16.0 Å². The molecule has 1 N–H and O–H groups in total. The number of thioether (sulfide) groups is 1. The van der Waals surface area contributed by atoms with Crippen LogP contribution in [0.15, 0.2) is 52.9 Å². The number of amides is 1. The van der Waals surface area contributed by atoms with Gasteiger partial charge in [0.1, 0.15) is 11.6 Å². The van der Waals surface area contributed by atoms with E-state index in [0.29, 0.717) is 16.6 Å². The van der Waals surface area contributed by atoms with E-state index in [0.717, 1.165) is 9.90 Å². The van der Waals surface area contributed by atoms with Gasteiger partial charge in [0.15, 0.2) is 10.9 Å². The number of carbonyl (C=O) groups excluding carboxylic acids is 1. The van der Waals surface area contributed by atoms with Crippen molar-refractivity contribution < 1.29 is 13.9 Å². The number of nitrogens with one attached hydrogen (secondary N) is 1. The smallest absolute Gasteiger partial charge is 0.264 e. The Morgan fingerprint density at radius 3 is 2.45 bits per heavy atom. The van der Waals surface area contributed by atoms with Crippen LogP contribution in [0.3, 0.4) is 0 Å². The van der Waals surface area contributed by atoms with Gasteiger partial charge in [0, 0.05) is 5.75 Å². The van der Waals surface area contributed by atoms with Gasteiger partial charge < -0.3 is 4.74 Å². The standard InChI is InChI=1S/C21H22FN3O2S2/c1-21(2,3)15-6-10-17(11-7-15)27-12-18(26)23-19-24-25-20(29-19)28-13-14-4-8-16(22)9-5-14/h4-11H,12-13H2,1-3H3,(H,23,24,26). The molecule has 5 nitrogen and oxygen atoms in total. The van der Waals surface area contributed by atoms with Crippen LogP contribution in [0.1, 0.15) is 31.9 Å². The molecule has 0 atom stereocenters. The van der Waals surface area contributed by atoms with E-state index < -0.39 is 0 Å². The lowest BCUT2D eigenvalue weighted by Gasteiger charge is -2.19. The Kier molecular flexibility index (Phi) is 6.87. The monoisotopic (exact) mass is 431 g/mol. The minimum atomic E-state index is -0.295. The molecule has 0 aliphatic heterocycles. The summed E-state index contributed by atoms with van der Waals surface area (Å²) < 4.78 is 19.2. The van der Waals surface area contributed by atoms with Crippen LogP contribution < -0.4 is 10.1 Å². The van der Waals surface area contributed by atoms with E-state index in [9.17, 15) is 9.18 Å². The summed E-state index contributed by atoms with van der Waals surface area (Å²) in [6, 6.07) is 14.1. The lowest BCUT2D eigenvalue weighted by Crippen LogP contribution is -2.20. The van der Waals surface area contributed by atoms with Gasteiger partial charge in [0.25, 0.3) is 5.91 Å². The molecular weight excluding hydrogens is 409 g/mol. The van der Waals surface area contributed by atoms with Crippen LogP contribution in [-0.4, -0.2) is 22.7 Å². The second-order valence-corrected chi connectivity index (χ2v) is 9.60. The molecule has 1 amide bonds.